The number of rotatable bonds is 3. The summed E-state index contributed by atoms with van der Waals surface area (Å²) in [4.78, 5) is 11.3. The van der Waals surface area contributed by atoms with E-state index in [2.05, 4.69) is 0 Å². The van der Waals surface area contributed by atoms with Gasteiger partial charge in [0.2, 0.25) is 15.9 Å². The molecule has 0 aliphatic carbocycles. The van der Waals surface area contributed by atoms with Gasteiger partial charge in [0.25, 0.3) is 0 Å². The minimum atomic E-state index is -3.83. The van der Waals surface area contributed by atoms with Crippen molar-refractivity contribution >= 4 is 15.9 Å². The molecule has 0 aromatic heterocycles. The first kappa shape index (κ1) is 13.3. The lowest BCUT2D eigenvalue weighted by molar-refractivity contribution is 0.100. The van der Waals surface area contributed by atoms with E-state index < -0.39 is 15.9 Å². The zero-order chi connectivity index (χ0) is 14.0. The van der Waals surface area contributed by atoms with Crippen molar-refractivity contribution in [3.8, 4) is 11.1 Å². The first-order valence-electron chi connectivity index (χ1n) is 5.41. The molecule has 0 aliphatic heterocycles. The lowest BCUT2D eigenvalue weighted by Gasteiger charge is -2.09. The summed E-state index contributed by atoms with van der Waals surface area (Å²) in [5, 5.41) is 5.09. The number of primary amides is 1. The Bertz CT molecular complexity index is 725. The predicted molar refractivity (Wildman–Crippen MR) is 71.8 cm³/mol. The number of carbonyl (C=O) groups is 1. The number of primary sulfonamides is 1. The molecule has 2 rings (SSSR count). The van der Waals surface area contributed by atoms with Crippen molar-refractivity contribution in [3.05, 3.63) is 54.1 Å². The van der Waals surface area contributed by atoms with Crippen molar-refractivity contribution in [1.82, 2.24) is 0 Å². The van der Waals surface area contributed by atoms with E-state index >= 15 is 0 Å². The van der Waals surface area contributed by atoms with Crippen LogP contribution in [0.1, 0.15) is 10.4 Å². The Kier molecular flexibility index (Phi) is 3.37. The fourth-order valence-corrected chi connectivity index (χ4v) is 2.31. The monoisotopic (exact) mass is 276 g/mol. The molecule has 0 heterocycles. The third-order valence-corrected chi connectivity index (χ3v) is 3.58. The topological polar surface area (TPSA) is 103 Å². The maximum absolute atomic E-state index is 11.4. The van der Waals surface area contributed by atoms with E-state index in [0.717, 1.165) is 0 Å². The average molecular weight is 276 g/mol. The molecule has 2 aromatic carbocycles. The van der Waals surface area contributed by atoms with Crippen LogP contribution in [0.5, 0.6) is 0 Å². The highest BCUT2D eigenvalue weighted by molar-refractivity contribution is 7.89. The van der Waals surface area contributed by atoms with Crippen LogP contribution in [0.4, 0.5) is 0 Å². The van der Waals surface area contributed by atoms with Crippen LogP contribution in [0.2, 0.25) is 0 Å². The van der Waals surface area contributed by atoms with Crippen molar-refractivity contribution in [1.29, 1.82) is 0 Å². The highest BCUT2D eigenvalue weighted by atomic mass is 32.2. The van der Waals surface area contributed by atoms with Gasteiger partial charge in [-0.15, -0.1) is 0 Å². The fourth-order valence-electron chi connectivity index (χ4n) is 1.77. The molecule has 5 nitrogen and oxygen atoms in total. The molecule has 1 amide bonds. The molecule has 6 heteroatoms. The van der Waals surface area contributed by atoms with Crippen LogP contribution in [-0.2, 0) is 10.0 Å². The Morgan fingerprint density at radius 3 is 2.16 bits per heavy atom. The summed E-state index contributed by atoms with van der Waals surface area (Å²) in [6.07, 6.45) is 0. The molecule has 4 N–H and O–H groups in total. The number of nitrogens with two attached hydrogens (primary N) is 2. The van der Waals surface area contributed by atoms with Crippen molar-refractivity contribution in [2.45, 2.75) is 4.90 Å². The van der Waals surface area contributed by atoms with Gasteiger partial charge in [-0.05, 0) is 29.3 Å². The van der Waals surface area contributed by atoms with Gasteiger partial charge in [-0.1, -0.05) is 30.3 Å². The van der Waals surface area contributed by atoms with Gasteiger partial charge in [0.15, 0.2) is 0 Å². The Labute approximate surface area is 110 Å². The van der Waals surface area contributed by atoms with E-state index in [9.17, 15) is 13.2 Å². The molecule has 0 fully saturated rings. The van der Waals surface area contributed by atoms with Gasteiger partial charge < -0.3 is 5.73 Å². The third-order valence-electron chi connectivity index (χ3n) is 2.67. The molecule has 0 saturated carbocycles. The second kappa shape index (κ2) is 4.83. The summed E-state index contributed by atoms with van der Waals surface area (Å²) in [6.45, 7) is 0. The molecule has 0 radical (unpaired) electrons. The summed E-state index contributed by atoms with van der Waals surface area (Å²) in [6, 6.07) is 12.9. The van der Waals surface area contributed by atoms with Crippen LogP contribution >= 0.6 is 0 Å². The second-order valence-corrected chi connectivity index (χ2v) is 5.54. The van der Waals surface area contributed by atoms with Gasteiger partial charge in [-0.3, -0.25) is 4.79 Å². The minimum absolute atomic E-state index is 0.0589. The number of hydrogen-bond donors (Lipinski definition) is 2. The first-order valence-corrected chi connectivity index (χ1v) is 6.96. The zero-order valence-corrected chi connectivity index (χ0v) is 10.7. The van der Waals surface area contributed by atoms with Gasteiger partial charge in [0, 0.05) is 5.56 Å². The van der Waals surface area contributed by atoms with E-state index in [1.807, 2.05) is 6.07 Å². The average Bonchev–Trinajstić information content (AvgIpc) is 2.38. The standard InChI is InChI=1S/C13H12N2O3S/c14-13(16)11-7-6-10(19(15,17)18)8-12(11)9-4-2-1-3-5-9/h1-8H,(H2,14,16)(H2,15,17,18). The third kappa shape index (κ3) is 2.81. The van der Waals surface area contributed by atoms with E-state index in [1.165, 1.54) is 18.2 Å². The number of benzene rings is 2. The first-order chi connectivity index (χ1) is 8.89. The fraction of sp³-hybridized carbons (Fsp3) is 0. The molecule has 2 aromatic rings. The molecule has 98 valence electrons. The van der Waals surface area contributed by atoms with Crippen LogP contribution in [0.25, 0.3) is 11.1 Å². The van der Waals surface area contributed by atoms with E-state index in [-0.39, 0.29) is 10.5 Å². The zero-order valence-electron chi connectivity index (χ0n) is 9.91. The van der Waals surface area contributed by atoms with Crippen LogP contribution in [0.3, 0.4) is 0 Å². The molecule has 19 heavy (non-hydrogen) atoms. The quantitative estimate of drug-likeness (QED) is 0.877. The molecule has 0 spiro atoms. The number of sulfonamides is 1. The molecule has 0 saturated heterocycles. The molecule has 0 atom stereocenters. The molecular formula is C13H12N2O3S. The number of hydrogen-bond acceptors (Lipinski definition) is 3. The van der Waals surface area contributed by atoms with Crippen LogP contribution < -0.4 is 10.9 Å². The van der Waals surface area contributed by atoms with Crippen molar-refractivity contribution < 1.29 is 13.2 Å². The van der Waals surface area contributed by atoms with E-state index in [4.69, 9.17) is 10.9 Å². The Hall–Kier alpha value is -2.18. The number of amides is 1. The lowest BCUT2D eigenvalue weighted by atomic mass is 9.99. The highest BCUT2D eigenvalue weighted by Crippen LogP contribution is 2.26. The Balaban J connectivity index is 2.72. The molecule has 0 unspecified atom stereocenters. The Morgan fingerprint density at radius 2 is 1.63 bits per heavy atom. The smallest absolute Gasteiger partial charge is 0.249 e. The summed E-state index contributed by atoms with van der Waals surface area (Å²) in [7, 11) is -3.83. The lowest BCUT2D eigenvalue weighted by Crippen LogP contribution is -2.15. The van der Waals surface area contributed by atoms with Gasteiger partial charge in [-0.2, -0.15) is 0 Å². The summed E-state index contributed by atoms with van der Waals surface area (Å²) < 4.78 is 22.7. The van der Waals surface area contributed by atoms with E-state index in [1.54, 1.807) is 24.3 Å². The minimum Gasteiger partial charge on any atom is -0.366 e. The van der Waals surface area contributed by atoms with Gasteiger partial charge >= 0.3 is 0 Å². The van der Waals surface area contributed by atoms with Crippen molar-refractivity contribution in [2.24, 2.45) is 10.9 Å². The van der Waals surface area contributed by atoms with Crippen molar-refractivity contribution in [3.63, 3.8) is 0 Å². The molecule has 0 bridgehead atoms. The highest BCUT2D eigenvalue weighted by Gasteiger charge is 2.15. The maximum atomic E-state index is 11.4. The SMILES string of the molecule is NC(=O)c1ccc(S(N)(=O)=O)cc1-c1ccccc1. The van der Waals surface area contributed by atoms with Gasteiger partial charge in [-0.25, -0.2) is 13.6 Å². The van der Waals surface area contributed by atoms with Crippen LogP contribution in [-0.4, -0.2) is 14.3 Å². The van der Waals surface area contributed by atoms with Gasteiger partial charge in [0.05, 0.1) is 4.90 Å². The number of carbonyl (C=O) groups excluding carboxylic acids is 1. The molecule has 0 aliphatic rings. The molecular weight excluding hydrogens is 264 g/mol. The maximum Gasteiger partial charge on any atom is 0.249 e. The van der Waals surface area contributed by atoms with Crippen LogP contribution in [0.15, 0.2) is 53.4 Å². The normalized spacial score (nSPS) is 11.2. The summed E-state index contributed by atoms with van der Waals surface area (Å²) >= 11 is 0. The van der Waals surface area contributed by atoms with Gasteiger partial charge in [0.1, 0.15) is 0 Å². The summed E-state index contributed by atoms with van der Waals surface area (Å²) in [5.41, 5.74) is 6.68. The second-order valence-electron chi connectivity index (χ2n) is 3.98. The predicted octanol–water partition coefficient (Wildman–Crippen LogP) is 1.10. The summed E-state index contributed by atoms with van der Waals surface area (Å²) in [5.74, 6) is -0.625. The Morgan fingerprint density at radius 1 is 1.00 bits per heavy atom. The van der Waals surface area contributed by atoms with Crippen molar-refractivity contribution in [2.75, 3.05) is 0 Å². The van der Waals surface area contributed by atoms with E-state index in [0.29, 0.717) is 11.1 Å². The van der Waals surface area contributed by atoms with Crippen LogP contribution in [0, 0.1) is 0 Å². The largest absolute Gasteiger partial charge is 0.366 e.